The molecule has 138 valence electrons. The molecule has 0 bridgehead atoms. The van der Waals surface area contributed by atoms with Gasteiger partial charge in [0.15, 0.2) is 5.96 Å². The molecule has 0 aliphatic heterocycles. The van der Waals surface area contributed by atoms with E-state index in [9.17, 15) is 5.11 Å². The molecule has 8 heteroatoms. The van der Waals surface area contributed by atoms with Crippen molar-refractivity contribution >= 4 is 41.3 Å². The smallest absolute Gasteiger partial charge is 0.191 e. The van der Waals surface area contributed by atoms with Crippen LogP contribution in [0.1, 0.15) is 29.3 Å². The highest BCUT2D eigenvalue weighted by molar-refractivity contribution is 14.0. The second kappa shape index (κ2) is 11.1. The molecule has 2 rings (SSSR count). The lowest BCUT2D eigenvalue weighted by molar-refractivity contribution is 0.411. The standard InChI is InChI=1S/C17H24N4O2S.HI/c1-4-14-10-19-16(24-14)11-21-17(18-5-2)20-9-12-8-13(23-3)6-7-15(12)22;/h6-8,10,22H,4-5,9,11H2,1-3H3,(H2,18,20,21);1H. The van der Waals surface area contributed by atoms with Crippen molar-refractivity contribution in [1.82, 2.24) is 15.6 Å². The third kappa shape index (κ3) is 6.69. The highest BCUT2D eigenvalue weighted by atomic mass is 127. The van der Waals surface area contributed by atoms with Crippen LogP contribution in [0, 0.1) is 0 Å². The zero-order valence-corrected chi connectivity index (χ0v) is 17.9. The van der Waals surface area contributed by atoms with Crippen LogP contribution < -0.4 is 15.4 Å². The molecular weight excluding hydrogens is 451 g/mol. The molecule has 0 fully saturated rings. The molecule has 0 aliphatic carbocycles. The largest absolute Gasteiger partial charge is 0.508 e. The van der Waals surface area contributed by atoms with Gasteiger partial charge in [0.25, 0.3) is 0 Å². The minimum absolute atomic E-state index is 0. The molecular formula is C17H25IN4O2S. The number of thiazole rings is 1. The van der Waals surface area contributed by atoms with Crippen LogP contribution in [0.15, 0.2) is 29.4 Å². The maximum Gasteiger partial charge on any atom is 0.191 e. The molecule has 2 aromatic rings. The van der Waals surface area contributed by atoms with E-state index >= 15 is 0 Å². The number of hydrogen-bond acceptors (Lipinski definition) is 5. The predicted molar refractivity (Wildman–Crippen MR) is 113 cm³/mol. The first-order chi connectivity index (χ1) is 11.7. The average molecular weight is 476 g/mol. The maximum atomic E-state index is 9.94. The first-order valence-electron chi connectivity index (χ1n) is 7.97. The van der Waals surface area contributed by atoms with Crippen molar-refractivity contribution < 1.29 is 9.84 Å². The third-order valence-corrected chi connectivity index (χ3v) is 4.54. The van der Waals surface area contributed by atoms with E-state index in [0.717, 1.165) is 18.0 Å². The fourth-order valence-corrected chi connectivity index (χ4v) is 2.88. The van der Waals surface area contributed by atoms with Crippen LogP contribution in [0.25, 0.3) is 0 Å². The van der Waals surface area contributed by atoms with Crippen molar-refractivity contribution in [1.29, 1.82) is 0 Å². The Bertz CT molecular complexity index is 691. The Morgan fingerprint density at radius 3 is 2.76 bits per heavy atom. The van der Waals surface area contributed by atoms with Crippen molar-refractivity contribution in [2.24, 2.45) is 4.99 Å². The fourth-order valence-electron chi connectivity index (χ4n) is 2.07. The Labute approximate surface area is 169 Å². The Kier molecular flexibility index (Phi) is 9.58. The zero-order valence-electron chi connectivity index (χ0n) is 14.7. The number of benzene rings is 1. The first kappa shape index (κ1) is 21.5. The van der Waals surface area contributed by atoms with Gasteiger partial charge in [0.2, 0.25) is 0 Å². The summed E-state index contributed by atoms with van der Waals surface area (Å²) in [6.07, 6.45) is 2.92. The number of phenolic OH excluding ortho intramolecular Hbond substituents is 1. The van der Waals surface area contributed by atoms with Crippen LogP contribution in [-0.4, -0.2) is 29.7 Å². The van der Waals surface area contributed by atoms with Crippen molar-refractivity contribution in [3.05, 3.63) is 39.8 Å². The molecule has 0 aliphatic rings. The average Bonchev–Trinajstić information content (AvgIpc) is 3.06. The van der Waals surface area contributed by atoms with E-state index in [2.05, 4.69) is 27.5 Å². The molecule has 25 heavy (non-hydrogen) atoms. The summed E-state index contributed by atoms with van der Waals surface area (Å²) in [5.74, 6) is 1.60. The third-order valence-electron chi connectivity index (χ3n) is 3.40. The van der Waals surface area contributed by atoms with Gasteiger partial charge in [0, 0.05) is 23.2 Å². The molecule has 0 saturated heterocycles. The van der Waals surface area contributed by atoms with Crippen LogP contribution in [0.4, 0.5) is 0 Å². The predicted octanol–water partition coefficient (Wildman–Crippen LogP) is 3.29. The van der Waals surface area contributed by atoms with Gasteiger partial charge in [-0.3, -0.25) is 0 Å². The molecule has 0 amide bonds. The number of aryl methyl sites for hydroxylation is 1. The highest BCUT2D eigenvalue weighted by Gasteiger charge is 2.05. The van der Waals surface area contributed by atoms with E-state index in [1.165, 1.54) is 4.88 Å². The molecule has 0 spiro atoms. The summed E-state index contributed by atoms with van der Waals surface area (Å²) in [5.41, 5.74) is 0.717. The van der Waals surface area contributed by atoms with E-state index in [1.54, 1.807) is 36.6 Å². The fraction of sp³-hybridized carbons (Fsp3) is 0.412. The number of halogens is 1. The first-order valence-corrected chi connectivity index (χ1v) is 8.79. The number of guanidine groups is 1. The van der Waals surface area contributed by atoms with Crippen molar-refractivity contribution in [2.45, 2.75) is 33.4 Å². The number of nitrogens with zero attached hydrogens (tertiary/aromatic N) is 2. The van der Waals surface area contributed by atoms with Gasteiger partial charge >= 0.3 is 0 Å². The van der Waals surface area contributed by atoms with Crippen LogP contribution >= 0.6 is 35.3 Å². The molecule has 0 atom stereocenters. The van der Waals surface area contributed by atoms with Gasteiger partial charge in [-0.2, -0.15) is 0 Å². The number of rotatable bonds is 7. The molecule has 6 nitrogen and oxygen atoms in total. The SMILES string of the molecule is CCNC(=NCc1cc(OC)ccc1O)NCc1ncc(CC)s1.I. The summed E-state index contributed by atoms with van der Waals surface area (Å²) in [6, 6.07) is 5.13. The van der Waals surface area contributed by atoms with Gasteiger partial charge in [-0.05, 0) is 31.5 Å². The summed E-state index contributed by atoms with van der Waals surface area (Å²) in [6.45, 7) is 5.88. The number of hydrogen-bond donors (Lipinski definition) is 3. The van der Waals surface area contributed by atoms with Gasteiger partial charge in [0.05, 0.1) is 20.2 Å². The van der Waals surface area contributed by atoms with Crippen LogP contribution in [0.2, 0.25) is 0 Å². The summed E-state index contributed by atoms with van der Waals surface area (Å²) in [5, 5.41) is 17.4. The van der Waals surface area contributed by atoms with E-state index in [0.29, 0.717) is 30.4 Å². The summed E-state index contributed by atoms with van der Waals surface area (Å²) >= 11 is 1.70. The lowest BCUT2D eigenvalue weighted by atomic mass is 10.2. The van der Waals surface area contributed by atoms with Crippen molar-refractivity contribution in [3.8, 4) is 11.5 Å². The van der Waals surface area contributed by atoms with Gasteiger partial charge in [-0.15, -0.1) is 35.3 Å². The number of nitrogens with one attached hydrogen (secondary N) is 2. The monoisotopic (exact) mass is 476 g/mol. The number of ether oxygens (including phenoxy) is 1. The molecule has 1 aromatic heterocycles. The minimum Gasteiger partial charge on any atom is -0.508 e. The Hall–Kier alpha value is -1.55. The highest BCUT2D eigenvalue weighted by Crippen LogP contribution is 2.23. The normalized spacial score (nSPS) is 10.9. The quantitative estimate of drug-likeness (QED) is 0.325. The summed E-state index contributed by atoms with van der Waals surface area (Å²) in [4.78, 5) is 10.2. The number of methoxy groups -OCH3 is 1. The van der Waals surface area contributed by atoms with Gasteiger partial charge < -0.3 is 20.5 Å². The molecule has 0 radical (unpaired) electrons. The Morgan fingerprint density at radius 1 is 1.32 bits per heavy atom. The molecule has 0 saturated carbocycles. The Morgan fingerprint density at radius 2 is 2.12 bits per heavy atom. The number of aliphatic imine (C=N–C) groups is 1. The zero-order chi connectivity index (χ0) is 17.4. The van der Waals surface area contributed by atoms with Crippen molar-refractivity contribution in [2.75, 3.05) is 13.7 Å². The second-order valence-electron chi connectivity index (χ2n) is 5.12. The van der Waals surface area contributed by atoms with Crippen LogP contribution in [-0.2, 0) is 19.5 Å². The number of phenols is 1. The number of aromatic hydroxyl groups is 1. The van der Waals surface area contributed by atoms with E-state index in [4.69, 9.17) is 4.74 Å². The second-order valence-corrected chi connectivity index (χ2v) is 6.32. The summed E-state index contributed by atoms with van der Waals surface area (Å²) in [7, 11) is 1.60. The Balaban J connectivity index is 0.00000312. The van der Waals surface area contributed by atoms with Gasteiger partial charge in [-0.1, -0.05) is 6.92 Å². The van der Waals surface area contributed by atoms with Crippen molar-refractivity contribution in [3.63, 3.8) is 0 Å². The van der Waals surface area contributed by atoms with E-state index in [-0.39, 0.29) is 29.7 Å². The number of aromatic nitrogens is 1. The molecule has 0 unspecified atom stereocenters. The lowest BCUT2D eigenvalue weighted by Crippen LogP contribution is -2.36. The van der Waals surface area contributed by atoms with E-state index in [1.807, 2.05) is 13.1 Å². The summed E-state index contributed by atoms with van der Waals surface area (Å²) < 4.78 is 5.18. The van der Waals surface area contributed by atoms with E-state index < -0.39 is 0 Å². The van der Waals surface area contributed by atoms with Gasteiger partial charge in [-0.25, -0.2) is 9.98 Å². The molecule has 1 heterocycles. The molecule has 3 N–H and O–H groups in total. The minimum atomic E-state index is 0. The lowest BCUT2D eigenvalue weighted by Gasteiger charge is -2.11. The topological polar surface area (TPSA) is 78.8 Å². The van der Waals surface area contributed by atoms with Gasteiger partial charge in [0.1, 0.15) is 16.5 Å². The van der Waals surface area contributed by atoms with Crippen LogP contribution in [0.3, 0.4) is 0 Å². The van der Waals surface area contributed by atoms with Crippen LogP contribution in [0.5, 0.6) is 11.5 Å². The maximum absolute atomic E-state index is 9.94. The molecule has 1 aromatic carbocycles.